The van der Waals surface area contributed by atoms with Gasteiger partial charge in [0, 0.05) is 38.9 Å². The number of nitrogens with two attached hydrogens (primary N) is 1. The Kier molecular flexibility index (Phi) is 7.92. The second kappa shape index (κ2) is 9.46. The minimum Gasteiger partial charge on any atom is -0.389 e. The molecule has 1 aromatic rings. The zero-order valence-electron chi connectivity index (χ0n) is 12.7. The summed E-state index contributed by atoms with van der Waals surface area (Å²) in [5.74, 6) is -0.0581. The molecule has 0 radical (unpaired) electrons. The maximum atomic E-state index is 11.9. The Morgan fingerprint density at radius 1 is 1.52 bits per heavy atom. The fourth-order valence-electron chi connectivity index (χ4n) is 1.99. The number of aliphatic hydroxyl groups excluding tert-OH is 1. The molecule has 0 aromatic heterocycles. The number of nitrogens with zero attached hydrogens (tertiary/aromatic N) is 1. The molecule has 0 aliphatic rings. The molecule has 6 nitrogen and oxygen atoms in total. The van der Waals surface area contributed by atoms with Crippen molar-refractivity contribution in [1.82, 2.24) is 4.90 Å². The van der Waals surface area contributed by atoms with Gasteiger partial charge in [-0.3, -0.25) is 4.79 Å². The monoisotopic (exact) mass is 295 g/mol. The number of hydrogen-bond acceptors (Lipinski definition) is 5. The Morgan fingerprint density at radius 3 is 2.95 bits per heavy atom. The molecule has 0 aliphatic heterocycles. The van der Waals surface area contributed by atoms with Gasteiger partial charge in [-0.2, -0.15) is 0 Å². The van der Waals surface area contributed by atoms with Crippen molar-refractivity contribution in [2.75, 3.05) is 39.2 Å². The molecule has 1 unspecified atom stereocenters. The maximum absolute atomic E-state index is 11.9. The van der Waals surface area contributed by atoms with Crippen molar-refractivity contribution < 1.29 is 14.6 Å². The Hall–Kier alpha value is -1.47. The van der Waals surface area contributed by atoms with Crippen LogP contribution in [0.2, 0.25) is 0 Å². The van der Waals surface area contributed by atoms with Gasteiger partial charge in [-0.05, 0) is 24.7 Å². The van der Waals surface area contributed by atoms with Crippen molar-refractivity contribution in [3.8, 4) is 0 Å². The number of carbonyl (C=O) groups excluding carboxylic acids is 1. The Labute approximate surface area is 125 Å². The molecule has 1 rings (SSSR count). The molecular formula is C15H25N3O3. The summed E-state index contributed by atoms with van der Waals surface area (Å²) in [6.45, 7) is 1.79. The molecule has 0 saturated heterocycles. The Bertz CT molecular complexity index is 440. The van der Waals surface area contributed by atoms with Gasteiger partial charge >= 0.3 is 0 Å². The zero-order chi connectivity index (χ0) is 15.7. The summed E-state index contributed by atoms with van der Waals surface area (Å²) in [6.07, 6.45) is -0.174. The number of aliphatic hydroxyl groups is 1. The van der Waals surface area contributed by atoms with E-state index in [0.29, 0.717) is 32.7 Å². The lowest BCUT2D eigenvalue weighted by atomic mass is 10.2. The van der Waals surface area contributed by atoms with Crippen LogP contribution in [0.3, 0.4) is 0 Å². The maximum Gasteiger partial charge on any atom is 0.225 e. The van der Waals surface area contributed by atoms with E-state index in [4.69, 9.17) is 10.5 Å². The van der Waals surface area contributed by atoms with Crippen LogP contribution in [0.5, 0.6) is 0 Å². The molecule has 1 aromatic carbocycles. The largest absolute Gasteiger partial charge is 0.389 e. The van der Waals surface area contributed by atoms with E-state index in [1.165, 1.54) is 0 Å². The third-order valence-corrected chi connectivity index (χ3v) is 3.05. The molecule has 118 valence electrons. The number of rotatable bonds is 9. The highest BCUT2D eigenvalue weighted by molar-refractivity contribution is 5.90. The first-order valence-electron chi connectivity index (χ1n) is 6.99. The number of anilines is 1. The lowest BCUT2D eigenvalue weighted by molar-refractivity contribution is -0.116. The lowest BCUT2D eigenvalue weighted by Crippen LogP contribution is -2.33. The Balaban J connectivity index is 2.33. The average molecular weight is 295 g/mol. The van der Waals surface area contributed by atoms with Crippen molar-refractivity contribution in [3.63, 3.8) is 0 Å². The second-order valence-electron chi connectivity index (χ2n) is 5.07. The molecule has 21 heavy (non-hydrogen) atoms. The average Bonchev–Trinajstić information content (AvgIpc) is 2.45. The van der Waals surface area contributed by atoms with Crippen LogP contribution in [-0.2, 0) is 16.1 Å². The van der Waals surface area contributed by atoms with Crippen molar-refractivity contribution >= 4 is 11.6 Å². The van der Waals surface area contributed by atoms with E-state index in [1.807, 2.05) is 36.2 Å². The topological polar surface area (TPSA) is 87.8 Å². The molecule has 1 atom stereocenters. The predicted octanol–water partition coefficient (Wildman–Crippen LogP) is 0.413. The summed E-state index contributed by atoms with van der Waals surface area (Å²) >= 11 is 0. The summed E-state index contributed by atoms with van der Waals surface area (Å²) in [7, 11) is 3.41. The van der Waals surface area contributed by atoms with E-state index in [0.717, 1.165) is 11.3 Å². The van der Waals surface area contributed by atoms with Crippen LogP contribution in [0.15, 0.2) is 24.3 Å². The number of amides is 1. The summed E-state index contributed by atoms with van der Waals surface area (Å²) < 4.78 is 4.86. The number of ether oxygens (including phenoxy) is 1. The van der Waals surface area contributed by atoms with Crippen LogP contribution < -0.4 is 11.1 Å². The van der Waals surface area contributed by atoms with Crippen molar-refractivity contribution in [2.45, 2.75) is 19.1 Å². The van der Waals surface area contributed by atoms with Crippen LogP contribution in [0.4, 0.5) is 5.69 Å². The molecule has 1 amide bonds. The van der Waals surface area contributed by atoms with Gasteiger partial charge in [0.1, 0.15) is 0 Å². The molecule has 0 heterocycles. The van der Waals surface area contributed by atoms with Crippen molar-refractivity contribution in [1.29, 1.82) is 0 Å². The van der Waals surface area contributed by atoms with Crippen LogP contribution in [0.1, 0.15) is 12.0 Å². The van der Waals surface area contributed by atoms with Crippen LogP contribution >= 0.6 is 0 Å². The number of hydrogen-bond donors (Lipinski definition) is 3. The molecule has 0 bridgehead atoms. The van der Waals surface area contributed by atoms with Crippen LogP contribution in [0, 0.1) is 0 Å². The van der Waals surface area contributed by atoms with E-state index >= 15 is 0 Å². The molecule has 0 saturated carbocycles. The van der Waals surface area contributed by atoms with Crippen LogP contribution in [0.25, 0.3) is 0 Å². The minimum atomic E-state index is -0.538. The standard InChI is InChI=1S/C15H25N3O3/c1-18(10-14(19)11-21-2)7-6-15(20)17-13-5-3-4-12(8-13)9-16/h3-5,8,14,19H,6-7,9-11,16H2,1-2H3,(H,17,20). The number of nitrogens with one attached hydrogen (secondary N) is 1. The SMILES string of the molecule is COCC(O)CN(C)CCC(=O)Nc1cccc(CN)c1. The summed E-state index contributed by atoms with van der Waals surface area (Å²) in [4.78, 5) is 13.8. The van der Waals surface area contributed by atoms with Gasteiger partial charge < -0.3 is 25.8 Å². The third kappa shape index (κ3) is 7.19. The first-order chi connectivity index (χ1) is 10.0. The summed E-state index contributed by atoms with van der Waals surface area (Å²) in [5, 5.41) is 12.4. The van der Waals surface area contributed by atoms with Gasteiger partial charge in [0.15, 0.2) is 0 Å². The van der Waals surface area contributed by atoms with Crippen molar-refractivity contribution in [3.05, 3.63) is 29.8 Å². The van der Waals surface area contributed by atoms with Crippen LogP contribution in [-0.4, -0.2) is 55.9 Å². The minimum absolute atomic E-state index is 0.0581. The third-order valence-electron chi connectivity index (χ3n) is 3.05. The normalized spacial score (nSPS) is 12.4. The van der Waals surface area contributed by atoms with E-state index in [9.17, 15) is 9.90 Å². The summed E-state index contributed by atoms with van der Waals surface area (Å²) in [5.41, 5.74) is 7.30. The molecular weight excluding hydrogens is 270 g/mol. The number of methoxy groups -OCH3 is 1. The van der Waals surface area contributed by atoms with Gasteiger partial charge in [0.05, 0.1) is 12.7 Å². The Morgan fingerprint density at radius 2 is 2.29 bits per heavy atom. The number of likely N-dealkylation sites (N-methyl/N-ethyl adjacent to an activating group) is 1. The fraction of sp³-hybridized carbons (Fsp3) is 0.533. The molecule has 0 aliphatic carbocycles. The first kappa shape index (κ1) is 17.6. The number of benzene rings is 1. The van der Waals surface area contributed by atoms with Gasteiger partial charge in [0.25, 0.3) is 0 Å². The second-order valence-corrected chi connectivity index (χ2v) is 5.07. The van der Waals surface area contributed by atoms with Gasteiger partial charge in [-0.1, -0.05) is 12.1 Å². The molecule has 0 spiro atoms. The zero-order valence-corrected chi connectivity index (χ0v) is 12.7. The molecule has 0 fully saturated rings. The highest BCUT2D eigenvalue weighted by Gasteiger charge is 2.10. The highest BCUT2D eigenvalue weighted by atomic mass is 16.5. The smallest absolute Gasteiger partial charge is 0.225 e. The summed E-state index contributed by atoms with van der Waals surface area (Å²) in [6, 6.07) is 7.48. The quantitative estimate of drug-likeness (QED) is 0.614. The first-order valence-corrected chi connectivity index (χ1v) is 6.99. The highest BCUT2D eigenvalue weighted by Crippen LogP contribution is 2.10. The van der Waals surface area contributed by atoms with E-state index in [1.54, 1.807) is 7.11 Å². The predicted molar refractivity (Wildman–Crippen MR) is 83.0 cm³/mol. The lowest BCUT2D eigenvalue weighted by Gasteiger charge is -2.19. The van der Waals surface area contributed by atoms with Gasteiger partial charge in [-0.25, -0.2) is 0 Å². The fourth-order valence-corrected chi connectivity index (χ4v) is 1.99. The van der Waals surface area contributed by atoms with Gasteiger partial charge in [0.2, 0.25) is 5.91 Å². The molecule has 4 N–H and O–H groups in total. The molecule has 6 heteroatoms. The number of carbonyl (C=O) groups is 1. The van der Waals surface area contributed by atoms with E-state index in [2.05, 4.69) is 5.32 Å². The van der Waals surface area contributed by atoms with Crippen molar-refractivity contribution in [2.24, 2.45) is 5.73 Å². The van der Waals surface area contributed by atoms with E-state index < -0.39 is 6.10 Å². The van der Waals surface area contributed by atoms with Gasteiger partial charge in [-0.15, -0.1) is 0 Å². The van der Waals surface area contributed by atoms with E-state index in [-0.39, 0.29) is 5.91 Å².